The Morgan fingerprint density at radius 2 is 2.29 bits per heavy atom. The van der Waals surface area contributed by atoms with Crippen LogP contribution in [-0.4, -0.2) is 34.9 Å². The number of rotatable bonds is 3. The molecule has 1 fully saturated rings. The molecule has 1 aromatic carbocycles. The number of benzene rings is 1. The molecular formula is C17H19N3O4. The lowest BCUT2D eigenvalue weighted by Crippen LogP contribution is -2.40. The minimum atomic E-state index is -0.145. The summed E-state index contributed by atoms with van der Waals surface area (Å²) < 4.78 is 18.5. The first-order valence-electron chi connectivity index (χ1n) is 7.99. The number of fused-ring (bicyclic) bond motifs is 1. The van der Waals surface area contributed by atoms with Crippen LogP contribution >= 0.6 is 0 Å². The lowest BCUT2D eigenvalue weighted by atomic mass is 10.0. The average molecular weight is 329 g/mol. The molecule has 4 rings (SSSR count). The number of aryl methyl sites for hydroxylation is 1. The van der Waals surface area contributed by atoms with Gasteiger partial charge < -0.3 is 24.1 Å². The van der Waals surface area contributed by atoms with Gasteiger partial charge in [-0.3, -0.25) is 4.79 Å². The molecule has 0 unspecified atom stereocenters. The average Bonchev–Trinajstić information content (AvgIpc) is 3.23. The number of carbonyl (C=O) groups excluding carboxylic acids is 1. The molecule has 0 aliphatic carbocycles. The van der Waals surface area contributed by atoms with E-state index in [2.05, 4.69) is 10.3 Å². The monoisotopic (exact) mass is 329 g/mol. The highest BCUT2D eigenvalue weighted by molar-refractivity contribution is 5.98. The van der Waals surface area contributed by atoms with E-state index in [4.69, 9.17) is 14.2 Å². The van der Waals surface area contributed by atoms with E-state index in [1.165, 1.54) is 0 Å². The van der Waals surface area contributed by atoms with Crippen molar-refractivity contribution in [1.29, 1.82) is 0 Å². The molecule has 1 saturated heterocycles. The van der Waals surface area contributed by atoms with Gasteiger partial charge >= 0.3 is 0 Å². The predicted molar refractivity (Wildman–Crippen MR) is 85.0 cm³/mol. The number of amides is 1. The number of ether oxygens (including phenoxy) is 3. The van der Waals surface area contributed by atoms with Gasteiger partial charge in [0.2, 0.25) is 6.79 Å². The first-order valence-corrected chi connectivity index (χ1v) is 7.99. The van der Waals surface area contributed by atoms with Gasteiger partial charge in [0.1, 0.15) is 6.10 Å². The van der Waals surface area contributed by atoms with Crippen LogP contribution in [0.15, 0.2) is 30.7 Å². The van der Waals surface area contributed by atoms with Crippen LogP contribution in [0.25, 0.3) is 0 Å². The molecule has 7 heteroatoms. The lowest BCUT2D eigenvalue weighted by Gasteiger charge is -2.30. The number of imidazole rings is 1. The van der Waals surface area contributed by atoms with E-state index in [9.17, 15) is 4.79 Å². The molecule has 3 heterocycles. The third-order valence-electron chi connectivity index (χ3n) is 4.44. The van der Waals surface area contributed by atoms with Crippen molar-refractivity contribution in [1.82, 2.24) is 14.9 Å². The van der Waals surface area contributed by atoms with E-state index in [-0.39, 0.29) is 24.8 Å². The first kappa shape index (κ1) is 15.0. The van der Waals surface area contributed by atoms with E-state index >= 15 is 0 Å². The molecule has 0 bridgehead atoms. The summed E-state index contributed by atoms with van der Waals surface area (Å²) in [5.41, 5.74) is 1.53. The normalized spacial score (nSPS) is 22.4. The van der Waals surface area contributed by atoms with Crippen molar-refractivity contribution in [3.05, 3.63) is 42.0 Å². The zero-order valence-corrected chi connectivity index (χ0v) is 13.4. The summed E-state index contributed by atoms with van der Waals surface area (Å²) in [5, 5.41) is 3.09. The minimum Gasteiger partial charge on any atom is -0.454 e. The number of nitrogens with zero attached hydrogens (tertiary/aromatic N) is 2. The summed E-state index contributed by atoms with van der Waals surface area (Å²) in [6.07, 6.45) is 5.01. The van der Waals surface area contributed by atoms with Crippen molar-refractivity contribution in [2.45, 2.75) is 25.0 Å². The predicted octanol–water partition coefficient (Wildman–Crippen LogP) is 1.80. The van der Waals surface area contributed by atoms with Gasteiger partial charge in [0, 0.05) is 19.7 Å². The van der Waals surface area contributed by atoms with Crippen LogP contribution < -0.4 is 14.8 Å². The van der Waals surface area contributed by atoms with Crippen LogP contribution in [0.4, 0.5) is 0 Å². The molecule has 2 aliphatic heterocycles. The fourth-order valence-electron chi connectivity index (χ4n) is 3.18. The Balaban J connectivity index is 1.46. The molecule has 2 aromatic rings. The molecule has 1 N–H and O–H groups in total. The van der Waals surface area contributed by atoms with Crippen molar-refractivity contribution < 1.29 is 19.0 Å². The van der Waals surface area contributed by atoms with Crippen LogP contribution in [0.1, 0.15) is 35.0 Å². The Morgan fingerprint density at radius 1 is 1.38 bits per heavy atom. The fraction of sp³-hybridized carbons (Fsp3) is 0.412. The van der Waals surface area contributed by atoms with Gasteiger partial charge in [-0.1, -0.05) is 6.07 Å². The summed E-state index contributed by atoms with van der Waals surface area (Å²) in [4.78, 5) is 16.8. The van der Waals surface area contributed by atoms with Gasteiger partial charge in [-0.05, 0) is 25.0 Å². The highest BCUT2D eigenvalue weighted by Gasteiger charge is 2.29. The van der Waals surface area contributed by atoms with Crippen LogP contribution in [0.2, 0.25) is 0 Å². The smallest absolute Gasteiger partial charge is 0.255 e. The molecular weight excluding hydrogens is 310 g/mol. The Kier molecular flexibility index (Phi) is 3.86. The maximum atomic E-state index is 12.6. The molecule has 24 heavy (non-hydrogen) atoms. The van der Waals surface area contributed by atoms with E-state index < -0.39 is 0 Å². The van der Waals surface area contributed by atoms with E-state index in [0.717, 1.165) is 18.5 Å². The number of hydrogen-bond acceptors (Lipinski definition) is 5. The maximum Gasteiger partial charge on any atom is 0.255 e. The molecule has 1 amide bonds. The summed E-state index contributed by atoms with van der Waals surface area (Å²) >= 11 is 0. The van der Waals surface area contributed by atoms with Crippen LogP contribution in [0, 0.1) is 0 Å². The first-order chi connectivity index (χ1) is 11.7. The topological polar surface area (TPSA) is 74.6 Å². The SMILES string of the molecule is Cn1cncc1[C@@H]1C[C@H](NC(=O)c2cccc3c2OCO3)CCO1. The Bertz CT molecular complexity index is 758. The molecule has 0 saturated carbocycles. The van der Waals surface area contributed by atoms with Gasteiger partial charge in [-0.25, -0.2) is 4.98 Å². The van der Waals surface area contributed by atoms with E-state index in [0.29, 0.717) is 23.7 Å². The number of aromatic nitrogens is 2. The zero-order chi connectivity index (χ0) is 16.5. The highest BCUT2D eigenvalue weighted by atomic mass is 16.7. The second kappa shape index (κ2) is 6.16. The van der Waals surface area contributed by atoms with Gasteiger partial charge in [0.25, 0.3) is 5.91 Å². The summed E-state index contributed by atoms with van der Waals surface area (Å²) in [7, 11) is 1.94. The number of nitrogens with one attached hydrogen (secondary N) is 1. The van der Waals surface area contributed by atoms with Crippen molar-refractivity contribution in [3.63, 3.8) is 0 Å². The zero-order valence-electron chi connectivity index (χ0n) is 13.4. The Hall–Kier alpha value is -2.54. The van der Waals surface area contributed by atoms with Crippen molar-refractivity contribution >= 4 is 5.91 Å². The number of carbonyl (C=O) groups is 1. The molecule has 2 atom stereocenters. The quantitative estimate of drug-likeness (QED) is 0.929. The second-order valence-electron chi connectivity index (χ2n) is 6.02. The number of hydrogen-bond donors (Lipinski definition) is 1. The van der Waals surface area contributed by atoms with Crippen molar-refractivity contribution in [2.24, 2.45) is 7.05 Å². The minimum absolute atomic E-state index is 0.0457. The van der Waals surface area contributed by atoms with Crippen molar-refractivity contribution in [3.8, 4) is 11.5 Å². The Morgan fingerprint density at radius 3 is 3.12 bits per heavy atom. The summed E-state index contributed by atoms with van der Waals surface area (Å²) in [6.45, 7) is 0.757. The largest absolute Gasteiger partial charge is 0.454 e. The standard InChI is InChI=1S/C17H19N3O4/c1-20-9-18-8-13(20)15-7-11(5-6-22-15)19-17(21)12-3-2-4-14-16(12)24-10-23-14/h2-4,8-9,11,15H,5-7,10H2,1H3,(H,19,21)/t11-,15+/m1/s1. The second-order valence-corrected chi connectivity index (χ2v) is 6.02. The third-order valence-corrected chi connectivity index (χ3v) is 4.44. The summed E-state index contributed by atoms with van der Waals surface area (Å²) in [6, 6.07) is 5.39. The van der Waals surface area contributed by atoms with Crippen molar-refractivity contribution in [2.75, 3.05) is 13.4 Å². The van der Waals surface area contributed by atoms with Crippen LogP contribution in [0.5, 0.6) is 11.5 Å². The molecule has 1 aromatic heterocycles. The van der Waals surface area contributed by atoms with Crippen LogP contribution in [-0.2, 0) is 11.8 Å². The lowest BCUT2D eigenvalue weighted by molar-refractivity contribution is -0.00303. The van der Waals surface area contributed by atoms with Gasteiger partial charge in [0.15, 0.2) is 11.5 Å². The molecule has 2 aliphatic rings. The number of para-hydroxylation sites is 1. The highest BCUT2D eigenvalue weighted by Crippen LogP contribution is 2.35. The molecule has 126 valence electrons. The third kappa shape index (κ3) is 2.71. The fourth-order valence-corrected chi connectivity index (χ4v) is 3.18. The molecule has 7 nitrogen and oxygen atoms in total. The molecule has 0 spiro atoms. The molecule has 0 radical (unpaired) electrons. The Labute approximate surface area is 139 Å². The van der Waals surface area contributed by atoms with E-state index in [1.54, 1.807) is 24.5 Å². The summed E-state index contributed by atoms with van der Waals surface area (Å²) in [5.74, 6) is 0.987. The van der Waals surface area contributed by atoms with Gasteiger partial charge in [-0.15, -0.1) is 0 Å². The van der Waals surface area contributed by atoms with Gasteiger partial charge in [-0.2, -0.15) is 0 Å². The van der Waals surface area contributed by atoms with E-state index in [1.807, 2.05) is 17.8 Å². The van der Waals surface area contributed by atoms with Crippen LogP contribution in [0.3, 0.4) is 0 Å². The van der Waals surface area contributed by atoms with Gasteiger partial charge in [0.05, 0.1) is 23.8 Å². The maximum absolute atomic E-state index is 12.6.